The molecule has 20 heavy (non-hydrogen) atoms. The summed E-state index contributed by atoms with van der Waals surface area (Å²) >= 11 is 0. The zero-order valence-corrected chi connectivity index (χ0v) is 12.3. The number of amides is 1. The molecule has 2 N–H and O–H groups in total. The van der Waals surface area contributed by atoms with Gasteiger partial charge in [0.15, 0.2) is 5.75 Å². The molecular weight excluding hydrogens is 256 g/mol. The molecule has 0 saturated carbocycles. The zero-order valence-electron chi connectivity index (χ0n) is 12.3. The molecule has 0 bridgehead atoms. The Morgan fingerprint density at radius 2 is 2.15 bits per heavy atom. The predicted molar refractivity (Wildman–Crippen MR) is 77.9 cm³/mol. The Morgan fingerprint density at radius 3 is 2.80 bits per heavy atom. The normalized spacial score (nSPS) is 22.6. The molecule has 0 aromatic heterocycles. The molecule has 1 amide bonds. The SMILES string of the molecule is COc1c(N)cccc1C(=O)N1CCC(C)C(OC)C1. The molecule has 1 aromatic carbocycles. The number of benzene rings is 1. The van der Waals surface area contributed by atoms with Crippen LogP contribution < -0.4 is 10.5 Å². The molecule has 2 unspecified atom stereocenters. The lowest BCUT2D eigenvalue weighted by molar-refractivity contribution is -0.00166. The van der Waals surface area contributed by atoms with Crippen molar-refractivity contribution in [2.45, 2.75) is 19.4 Å². The van der Waals surface area contributed by atoms with E-state index in [1.165, 1.54) is 7.11 Å². The topological polar surface area (TPSA) is 64.8 Å². The maximum atomic E-state index is 12.6. The maximum absolute atomic E-state index is 12.6. The summed E-state index contributed by atoms with van der Waals surface area (Å²) in [4.78, 5) is 14.4. The molecule has 5 nitrogen and oxygen atoms in total. The van der Waals surface area contributed by atoms with Gasteiger partial charge in [0, 0.05) is 20.2 Å². The highest BCUT2D eigenvalue weighted by molar-refractivity contribution is 5.98. The van der Waals surface area contributed by atoms with Crippen LogP contribution >= 0.6 is 0 Å². The van der Waals surface area contributed by atoms with Crippen LogP contribution in [-0.2, 0) is 4.74 Å². The van der Waals surface area contributed by atoms with Crippen LogP contribution in [0.25, 0.3) is 0 Å². The third-order valence-corrected chi connectivity index (χ3v) is 3.96. The Labute approximate surface area is 119 Å². The van der Waals surface area contributed by atoms with Gasteiger partial charge in [-0.2, -0.15) is 0 Å². The van der Waals surface area contributed by atoms with E-state index < -0.39 is 0 Å². The predicted octanol–water partition coefficient (Wildman–Crippen LogP) is 1.77. The molecule has 1 heterocycles. The summed E-state index contributed by atoms with van der Waals surface area (Å²) in [7, 11) is 3.22. The number of rotatable bonds is 3. The number of hydrogen-bond donors (Lipinski definition) is 1. The average molecular weight is 278 g/mol. The first-order chi connectivity index (χ1) is 9.58. The molecule has 1 saturated heterocycles. The standard InChI is InChI=1S/C15H22N2O3/c1-10-7-8-17(9-13(10)19-2)15(18)11-5-4-6-12(16)14(11)20-3/h4-6,10,13H,7-9,16H2,1-3H3. The highest BCUT2D eigenvalue weighted by Gasteiger charge is 2.30. The summed E-state index contributed by atoms with van der Waals surface area (Å²) in [5.41, 5.74) is 6.84. The van der Waals surface area contributed by atoms with Crippen molar-refractivity contribution in [2.24, 2.45) is 5.92 Å². The highest BCUT2D eigenvalue weighted by Crippen LogP contribution is 2.29. The van der Waals surface area contributed by atoms with E-state index in [0.29, 0.717) is 29.5 Å². The molecule has 0 radical (unpaired) electrons. The third-order valence-electron chi connectivity index (χ3n) is 3.96. The van der Waals surface area contributed by atoms with Crippen LogP contribution in [0.15, 0.2) is 18.2 Å². The van der Waals surface area contributed by atoms with E-state index in [1.54, 1.807) is 25.3 Å². The van der Waals surface area contributed by atoms with E-state index in [1.807, 2.05) is 4.90 Å². The Morgan fingerprint density at radius 1 is 1.40 bits per heavy atom. The lowest BCUT2D eigenvalue weighted by atomic mass is 9.95. The molecular formula is C15H22N2O3. The van der Waals surface area contributed by atoms with Crippen molar-refractivity contribution in [1.82, 2.24) is 4.90 Å². The van der Waals surface area contributed by atoms with Crippen LogP contribution in [0, 0.1) is 5.92 Å². The van der Waals surface area contributed by atoms with E-state index in [9.17, 15) is 4.79 Å². The third kappa shape index (κ3) is 2.72. The fraction of sp³-hybridized carbons (Fsp3) is 0.533. The van der Waals surface area contributed by atoms with Gasteiger partial charge in [-0.3, -0.25) is 4.79 Å². The van der Waals surface area contributed by atoms with Gasteiger partial charge in [-0.05, 0) is 24.5 Å². The Hall–Kier alpha value is -1.75. The molecule has 1 aromatic rings. The number of nitrogens with two attached hydrogens (primary N) is 1. The lowest BCUT2D eigenvalue weighted by Crippen LogP contribution is -2.46. The molecule has 2 atom stereocenters. The smallest absolute Gasteiger partial charge is 0.257 e. The molecule has 0 spiro atoms. The van der Waals surface area contributed by atoms with Crippen LogP contribution in [0.2, 0.25) is 0 Å². The van der Waals surface area contributed by atoms with Crippen LogP contribution in [0.1, 0.15) is 23.7 Å². The van der Waals surface area contributed by atoms with Gasteiger partial charge in [0.05, 0.1) is 24.5 Å². The molecule has 1 aliphatic heterocycles. The molecule has 0 aliphatic carbocycles. The number of nitrogen functional groups attached to an aromatic ring is 1. The van der Waals surface area contributed by atoms with Crippen LogP contribution in [-0.4, -0.2) is 44.2 Å². The number of likely N-dealkylation sites (tertiary alicyclic amines) is 1. The van der Waals surface area contributed by atoms with Gasteiger partial charge in [0.25, 0.3) is 5.91 Å². The van der Waals surface area contributed by atoms with Gasteiger partial charge in [0.1, 0.15) is 0 Å². The highest BCUT2D eigenvalue weighted by atomic mass is 16.5. The number of carbonyl (C=O) groups excluding carboxylic acids is 1. The number of piperidine rings is 1. The Balaban J connectivity index is 2.22. The second-order valence-electron chi connectivity index (χ2n) is 5.22. The zero-order chi connectivity index (χ0) is 14.7. The molecule has 110 valence electrons. The fourth-order valence-corrected chi connectivity index (χ4v) is 2.65. The van der Waals surface area contributed by atoms with Crippen LogP contribution in [0.4, 0.5) is 5.69 Å². The van der Waals surface area contributed by atoms with Gasteiger partial charge < -0.3 is 20.1 Å². The first-order valence-electron chi connectivity index (χ1n) is 6.83. The number of anilines is 1. The quantitative estimate of drug-likeness (QED) is 0.856. The van der Waals surface area contributed by atoms with Crippen molar-refractivity contribution in [2.75, 3.05) is 33.0 Å². The summed E-state index contributed by atoms with van der Waals surface area (Å²) < 4.78 is 10.7. The van der Waals surface area contributed by atoms with E-state index in [-0.39, 0.29) is 12.0 Å². The van der Waals surface area contributed by atoms with E-state index in [0.717, 1.165) is 13.0 Å². The summed E-state index contributed by atoms with van der Waals surface area (Å²) in [6.45, 7) is 3.49. The van der Waals surface area contributed by atoms with Gasteiger partial charge in [0.2, 0.25) is 0 Å². The van der Waals surface area contributed by atoms with Crippen molar-refractivity contribution >= 4 is 11.6 Å². The average Bonchev–Trinajstić information content (AvgIpc) is 2.46. The summed E-state index contributed by atoms with van der Waals surface area (Å²) in [6, 6.07) is 5.24. The number of nitrogens with zero attached hydrogens (tertiary/aromatic N) is 1. The van der Waals surface area contributed by atoms with Gasteiger partial charge in [-0.1, -0.05) is 13.0 Å². The molecule has 1 fully saturated rings. The molecule has 2 rings (SSSR count). The minimum absolute atomic E-state index is 0.0527. The lowest BCUT2D eigenvalue weighted by Gasteiger charge is -2.36. The Bertz CT molecular complexity index is 490. The number of para-hydroxylation sites is 1. The Kier molecular flexibility index (Phi) is 4.49. The number of carbonyl (C=O) groups is 1. The largest absolute Gasteiger partial charge is 0.494 e. The van der Waals surface area contributed by atoms with E-state index in [2.05, 4.69) is 6.92 Å². The summed E-state index contributed by atoms with van der Waals surface area (Å²) in [5, 5.41) is 0. The minimum atomic E-state index is -0.0527. The second kappa shape index (κ2) is 6.13. The number of hydrogen-bond acceptors (Lipinski definition) is 4. The van der Waals surface area contributed by atoms with Crippen LogP contribution in [0.3, 0.4) is 0 Å². The minimum Gasteiger partial charge on any atom is -0.494 e. The number of methoxy groups -OCH3 is 2. The van der Waals surface area contributed by atoms with Gasteiger partial charge in [-0.25, -0.2) is 0 Å². The van der Waals surface area contributed by atoms with Crippen molar-refractivity contribution in [3.05, 3.63) is 23.8 Å². The molecule has 1 aliphatic rings. The first kappa shape index (κ1) is 14.7. The number of ether oxygens (including phenoxy) is 2. The fourth-order valence-electron chi connectivity index (χ4n) is 2.65. The van der Waals surface area contributed by atoms with E-state index >= 15 is 0 Å². The van der Waals surface area contributed by atoms with E-state index in [4.69, 9.17) is 15.2 Å². The first-order valence-corrected chi connectivity index (χ1v) is 6.83. The second-order valence-corrected chi connectivity index (χ2v) is 5.22. The summed E-state index contributed by atoms with van der Waals surface area (Å²) in [6.07, 6.45) is 1.02. The van der Waals surface area contributed by atoms with Crippen molar-refractivity contribution < 1.29 is 14.3 Å². The monoisotopic (exact) mass is 278 g/mol. The van der Waals surface area contributed by atoms with Crippen molar-refractivity contribution in [3.63, 3.8) is 0 Å². The van der Waals surface area contributed by atoms with Crippen molar-refractivity contribution in [3.8, 4) is 5.75 Å². The van der Waals surface area contributed by atoms with Crippen LogP contribution in [0.5, 0.6) is 5.75 Å². The summed E-state index contributed by atoms with van der Waals surface area (Å²) in [5.74, 6) is 0.861. The van der Waals surface area contributed by atoms with Crippen molar-refractivity contribution in [1.29, 1.82) is 0 Å². The van der Waals surface area contributed by atoms with Gasteiger partial charge in [-0.15, -0.1) is 0 Å². The molecule has 5 heteroatoms. The maximum Gasteiger partial charge on any atom is 0.257 e. The van der Waals surface area contributed by atoms with Gasteiger partial charge >= 0.3 is 0 Å².